The summed E-state index contributed by atoms with van der Waals surface area (Å²) >= 11 is 0. The third-order valence-electron chi connectivity index (χ3n) is 2.06. The molecule has 16 heavy (non-hydrogen) atoms. The zero-order valence-corrected chi connectivity index (χ0v) is 9.79. The van der Waals surface area contributed by atoms with Crippen molar-refractivity contribution in [3.63, 3.8) is 0 Å². The maximum atomic E-state index is 10.7. The number of hydrogen-bond donors (Lipinski definition) is 2. The molecule has 0 aromatic carbocycles. The van der Waals surface area contributed by atoms with Crippen LogP contribution in [0.4, 0.5) is 11.6 Å². The summed E-state index contributed by atoms with van der Waals surface area (Å²) in [5, 5.41) is 13.6. The molecule has 0 unspecified atom stereocenters. The molecule has 1 heterocycles. The first-order valence-corrected chi connectivity index (χ1v) is 5.57. The van der Waals surface area contributed by atoms with E-state index in [1.807, 2.05) is 6.07 Å². The number of amides is 1. The Hall–Kier alpha value is -1.65. The van der Waals surface area contributed by atoms with Gasteiger partial charge in [-0.25, -0.2) is 0 Å². The Labute approximate surface area is 95.7 Å². The molecule has 1 aromatic heterocycles. The molecular weight excluding hydrogens is 204 g/mol. The highest BCUT2D eigenvalue weighted by molar-refractivity contribution is 5.87. The average Bonchev–Trinajstić information content (AvgIpc) is 2.26. The van der Waals surface area contributed by atoms with Crippen LogP contribution in [0.25, 0.3) is 0 Å². The van der Waals surface area contributed by atoms with Gasteiger partial charge in [0.1, 0.15) is 5.82 Å². The number of hydrogen-bond acceptors (Lipinski definition) is 4. The number of rotatable bonds is 6. The summed E-state index contributed by atoms with van der Waals surface area (Å²) in [5.41, 5.74) is 0. The molecule has 0 saturated heterocycles. The minimum atomic E-state index is -0.141. The van der Waals surface area contributed by atoms with E-state index in [4.69, 9.17) is 0 Å². The number of aromatic nitrogens is 2. The van der Waals surface area contributed by atoms with Gasteiger partial charge in [0.2, 0.25) is 5.91 Å². The molecule has 0 saturated carbocycles. The predicted octanol–water partition coefficient (Wildman–Crippen LogP) is 2.04. The van der Waals surface area contributed by atoms with Gasteiger partial charge in [-0.3, -0.25) is 4.79 Å². The van der Waals surface area contributed by atoms with Gasteiger partial charge in [-0.05, 0) is 18.6 Å². The van der Waals surface area contributed by atoms with E-state index in [2.05, 4.69) is 27.8 Å². The molecular formula is C11H18N4O. The molecule has 0 aliphatic rings. The van der Waals surface area contributed by atoms with E-state index in [1.165, 1.54) is 19.8 Å². The van der Waals surface area contributed by atoms with E-state index in [1.54, 1.807) is 6.07 Å². The lowest BCUT2D eigenvalue weighted by Gasteiger charge is -2.05. The number of carbonyl (C=O) groups is 1. The summed E-state index contributed by atoms with van der Waals surface area (Å²) in [6.45, 7) is 4.52. The van der Waals surface area contributed by atoms with Gasteiger partial charge < -0.3 is 10.6 Å². The van der Waals surface area contributed by atoms with Gasteiger partial charge in [0.05, 0.1) is 0 Å². The first-order chi connectivity index (χ1) is 7.72. The van der Waals surface area contributed by atoms with Crippen molar-refractivity contribution in [1.29, 1.82) is 0 Å². The molecule has 0 aliphatic heterocycles. The average molecular weight is 222 g/mol. The Morgan fingerprint density at radius 2 is 1.94 bits per heavy atom. The van der Waals surface area contributed by atoms with Gasteiger partial charge in [-0.2, -0.15) is 0 Å². The Morgan fingerprint density at radius 1 is 1.25 bits per heavy atom. The Balaban J connectivity index is 2.36. The van der Waals surface area contributed by atoms with Gasteiger partial charge in [0.15, 0.2) is 5.82 Å². The lowest BCUT2D eigenvalue weighted by molar-refractivity contribution is -0.114. The number of unbranched alkanes of at least 4 members (excludes halogenated alkanes) is 2. The molecule has 2 N–H and O–H groups in total. The summed E-state index contributed by atoms with van der Waals surface area (Å²) in [6, 6.07) is 3.54. The molecule has 0 aliphatic carbocycles. The smallest absolute Gasteiger partial charge is 0.222 e. The lowest BCUT2D eigenvalue weighted by Crippen LogP contribution is -2.09. The van der Waals surface area contributed by atoms with Crippen LogP contribution in [-0.4, -0.2) is 22.6 Å². The van der Waals surface area contributed by atoms with Crippen molar-refractivity contribution in [2.75, 3.05) is 17.2 Å². The fraction of sp³-hybridized carbons (Fsp3) is 0.545. The van der Waals surface area contributed by atoms with E-state index in [-0.39, 0.29) is 5.91 Å². The molecule has 0 fully saturated rings. The van der Waals surface area contributed by atoms with Crippen LogP contribution < -0.4 is 10.6 Å². The zero-order valence-electron chi connectivity index (χ0n) is 9.79. The van der Waals surface area contributed by atoms with Crippen LogP contribution in [0.5, 0.6) is 0 Å². The van der Waals surface area contributed by atoms with Gasteiger partial charge in [0.25, 0.3) is 0 Å². The monoisotopic (exact) mass is 222 g/mol. The second kappa shape index (κ2) is 6.76. The topological polar surface area (TPSA) is 66.9 Å². The minimum Gasteiger partial charge on any atom is -0.369 e. The number of nitrogens with one attached hydrogen (secondary N) is 2. The van der Waals surface area contributed by atoms with Crippen LogP contribution in [0.2, 0.25) is 0 Å². The summed E-state index contributed by atoms with van der Waals surface area (Å²) in [5.74, 6) is 1.08. The van der Waals surface area contributed by atoms with E-state index < -0.39 is 0 Å². The van der Waals surface area contributed by atoms with Crippen molar-refractivity contribution in [3.05, 3.63) is 12.1 Å². The lowest BCUT2D eigenvalue weighted by atomic mass is 10.2. The molecule has 0 atom stereocenters. The van der Waals surface area contributed by atoms with Crippen LogP contribution >= 0.6 is 0 Å². The maximum Gasteiger partial charge on any atom is 0.222 e. The molecule has 88 valence electrons. The molecule has 5 nitrogen and oxygen atoms in total. The third kappa shape index (κ3) is 4.72. The van der Waals surface area contributed by atoms with E-state index in [0.29, 0.717) is 5.82 Å². The third-order valence-corrected chi connectivity index (χ3v) is 2.06. The van der Waals surface area contributed by atoms with Gasteiger partial charge >= 0.3 is 0 Å². The highest BCUT2D eigenvalue weighted by Crippen LogP contribution is 2.06. The molecule has 0 radical (unpaired) electrons. The molecule has 1 rings (SSSR count). The normalized spacial score (nSPS) is 9.88. The number of nitrogens with zero attached hydrogens (tertiary/aromatic N) is 2. The second-order valence-electron chi connectivity index (χ2n) is 3.62. The Bertz CT molecular complexity index is 323. The van der Waals surface area contributed by atoms with Crippen LogP contribution in [0.3, 0.4) is 0 Å². The van der Waals surface area contributed by atoms with Crippen LogP contribution in [0.15, 0.2) is 12.1 Å². The summed E-state index contributed by atoms with van der Waals surface area (Å²) in [7, 11) is 0. The number of carbonyl (C=O) groups excluding carboxylic acids is 1. The highest BCUT2D eigenvalue weighted by atomic mass is 16.1. The van der Waals surface area contributed by atoms with Crippen molar-refractivity contribution >= 4 is 17.5 Å². The molecule has 0 bridgehead atoms. The largest absolute Gasteiger partial charge is 0.369 e. The van der Waals surface area contributed by atoms with Crippen LogP contribution in [-0.2, 0) is 4.79 Å². The predicted molar refractivity (Wildman–Crippen MR) is 64.4 cm³/mol. The maximum absolute atomic E-state index is 10.7. The van der Waals surface area contributed by atoms with Gasteiger partial charge in [0, 0.05) is 13.5 Å². The molecule has 0 spiro atoms. The van der Waals surface area contributed by atoms with E-state index in [9.17, 15) is 4.79 Å². The van der Waals surface area contributed by atoms with Crippen LogP contribution in [0, 0.1) is 0 Å². The van der Waals surface area contributed by atoms with Crippen molar-refractivity contribution < 1.29 is 4.79 Å². The summed E-state index contributed by atoms with van der Waals surface area (Å²) in [6.07, 6.45) is 3.55. The van der Waals surface area contributed by atoms with Gasteiger partial charge in [-0.1, -0.05) is 19.8 Å². The molecule has 1 amide bonds. The first kappa shape index (κ1) is 12.4. The zero-order chi connectivity index (χ0) is 11.8. The van der Waals surface area contributed by atoms with E-state index in [0.717, 1.165) is 18.8 Å². The standard InChI is InChI=1S/C11H18N4O/c1-3-4-5-8-12-10-6-7-11(15-14-10)13-9(2)16/h6-7H,3-5,8H2,1-2H3,(H,12,14)(H,13,15,16). The van der Waals surface area contributed by atoms with Crippen molar-refractivity contribution in [2.24, 2.45) is 0 Å². The van der Waals surface area contributed by atoms with Crippen molar-refractivity contribution in [2.45, 2.75) is 33.1 Å². The number of anilines is 2. The van der Waals surface area contributed by atoms with Gasteiger partial charge in [-0.15, -0.1) is 10.2 Å². The molecule has 5 heteroatoms. The Morgan fingerprint density at radius 3 is 2.50 bits per heavy atom. The van der Waals surface area contributed by atoms with Crippen LogP contribution in [0.1, 0.15) is 33.1 Å². The fourth-order valence-corrected chi connectivity index (χ4v) is 1.27. The fourth-order valence-electron chi connectivity index (χ4n) is 1.27. The SMILES string of the molecule is CCCCCNc1ccc(NC(C)=O)nn1. The van der Waals surface area contributed by atoms with Crippen molar-refractivity contribution in [3.8, 4) is 0 Å². The quantitative estimate of drug-likeness (QED) is 0.723. The molecule has 1 aromatic rings. The first-order valence-electron chi connectivity index (χ1n) is 5.57. The van der Waals surface area contributed by atoms with E-state index >= 15 is 0 Å². The summed E-state index contributed by atoms with van der Waals surface area (Å²) in [4.78, 5) is 10.7. The van der Waals surface area contributed by atoms with Crippen molar-refractivity contribution in [1.82, 2.24) is 10.2 Å². The minimum absolute atomic E-state index is 0.141. The summed E-state index contributed by atoms with van der Waals surface area (Å²) < 4.78 is 0. The second-order valence-corrected chi connectivity index (χ2v) is 3.62. The highest BCUT2D eigenvalue weighted by Gasteiger charge is 1.98. The Kier molecular flexibility index (Phi) is 5.25.